The molecule has 0 saturated heterocycles. The molecule has 0 saturated carbocycles. The van der Waals surface area contributed by atoms with Crippen molar-refractivity contribution in [1.82, 2.24) is 10.3 Å². The van der Waals surface area contributed by atoms with Gasteiger partial charge >= 0.3 is 6.03 Å². The zero-order valence-corrected chi connectivity index (χ0v) is 13.6. The summed E-state index contributed by atoms with van der Waals surface area (Å²) in [5.41, 5.74) is 2.82. The molecule has 0 aliphatic carbocycles. The number of amides is 2. The number of hydrogen-bond donors (Lipinski definition) is 3. The van der Waals surface area contributed by atoms with Gasteiger partial charge in [-0.3, -0.25) is 0 Å². The number of anilines is 1. The number of aromatic amines is 1. The van der Waals surface area contributed by atoms with E-state index in [0.717, 1.165) is 26.6 Å². The maximum absolute atomic E-state index is 12.2. The second-order valence-electron chi connectivity index (χ2n) is 5.09. The zero-order chi connectivity index (χ0) is 15.5. The van der Waals surface area contributed by atoms with Crippen LogP contribution >= 0.6 is 15.9 Å². The molecule has 1 aromatic heterocycles. The molecule has 2 amide bonds. The number of carbonyl (C=O) groups excluding carboxylic acids is 1. The fourth-order valence-corrected chi connectivity index (χ4v) is 3.08. The Labute approximate surface area is 137 Å². The monoisotopic (exact) mass is 357 g/mol. The molecule has 5 heteroatoms. The van der Waals surface area contributed by atoms with Crippen molar-refractivity contribution in [2.24, 2.45) is 0 Å². The number of fused-ring (bicyclic) bond motifs is 1. The van der Waals surface area contributed by atoms with E-state index < -0.39 is 0 Å². The van der Waals surface area contributed by atoms with Crippen LogP contribution in [0.25, 0.3) is 10.9 Å². The van der Waals surface area contributed by atoms with E-state index in [9.17, 15) is 4.79 Å². The summed E-state index contributed by atoms with van der Waals surface area (Å²) in [6.07, 6.45) is 1.86. The van der Waals surface area contributed by atoms with Gasteiger partial charge in [0.15, 0.2) is 0 Å². The fourth-order valence-electron chi connectivity index (χ4n) is 2.45. The lowest BCUT2D eigenvalue weighted by Gasteiger charge is -2.16. The van der Waals surface area contributed by atoms with Crippen LogP contribution in [0.15, 0.2) is 59.2 Å². The molecule has 0 spiro atoms. The van der Waals surface area contributed by atoms with Crippen LogP contribution < -0.4 is 10.6 Å². The van der Waals surface area contributed by atoms with Crippen molar-refractivity contribution in [1.29, 1.82) is 0 Å². The number of rotatable bonds is 3. The van der Waals surface area contributed by atoms with Crippen LogP contribution in [0.3, 0.4) is 0 Å². The number of carbonyl (C=O) groups is 1. The van der Waals surface area contributed by atoms with Gasteiger partial charge in [0, 0.05) is 21.6 Å². The summed E-state index contributed by atoms with van der Waals surface area (Å²) >= 11 is 3.51. The van der Waals surface area contributed by atoms with E-state index in [0.29, 0.717) is 0 Å². The third kappa shape index (κ3) is 2.99. The summed E-state index contributed by atoms with van der Waals surface area (Å²) in [6, 6.07) is 15.3. The predicted octanol–water partition coefficient (Wildman–Crippen LogP) is 4.81. The predicted molar refractivity (Wildman–Crippen MR) is 93.0 cm³/mol. The van der Waals surface area contributed by atoms with Crippen LogP contribution in [0.1, 0.15) is 18.5 Å². The van der Waals surface area contributed by atoms with Crippen molar-refractivity contribution in [2.75, 3.05) is 5.32 Å². The molecule has 0 aliphatic rings. The van der Waals surface area contributed by atoms with Crippen molar-refractivity contribution in [3.8, 4) is 0 Å². The summed E-state index contributed by atoms with van der Waals surface area (Å²) in [5, 5.41) is 6.85. The summed E-state index contributed by atoms with van der Waals surface area (Å²) < 4.78 is 0.982. The molecule has 112 valence electrons. The van der Waals surface area contributed by atoms with Gasteiger partial charge in [-0.15, -0.1) is 0 Å². The Balaban J connectivity index is 1.73. The highest BCUT2D eigenvalue weighted by molar-refractivity contribution is 9.10. The highest BCUT2D eigenvalue weighted by Gasteiger charge is 2.12. The number of aromatic nitrogens is 1. The Hall–Kier alpha value is -2.27. The van der Waals surface area contributed by atoms with Gasteiger partial charge in [0.25, 0.3) is 0 Å². The lowest BCUT2D eigenvalue weighted by Crippen LogP contribution is -2.31. The molecule has 3 aromatic rings. The first-order valence-electron chi connectivity index (χ1n) is 7.03. The number of urea groups is 1. The van der Waals surface area contributed by atoms with Crippen LogP contribution in [0.5, 0.6) is 0 Å². The molecule has 3 N–H and O–H groups in total. The van der Waals surface area contributed by atoms with E-state index in [4.69, 9.17) is 0 Å². The highest BCUT2D eigenvalue weighted by Crippen LogP contribution is 2.24. The Bertz CT molecular complexity index is 812. The third-order valence-electron chi connectivity index (χ3n) is 3.56. The van der Waals surface area contributed by atoms with Gasteiger partial charge in [-0.05, 0) is 36.8 Å². The molecular weight excluding hydrogens is 342 g/mol. The maximum atomic E-state index is 12.2. The number of hydrogen-bond acceptors (Lipinski definition) is 1. The Kier molecular flexibility index (Phi) is 4.15. The molecule has 1 atom stereocenters. The fraction of sp³-hybridized carbons (Fsp3) is 0.118. The van der Waals surface area contributed by atoms with E-state index in [2.05, 4.69) is 31.5 Å². The lowest BCUT2D eigenvalue weighted by molar-refractivity contribution is 0.249. The smallest absolute Gasteiger partial charge is 0.319 e. The lowest BCUT2D eigenvalue weighted by atomic mass is 10.1. The molecule has 0 aliphatic heterocycles. The SMILES string of the molecule is CC(NC(=O)Nc1cccc2[nH]ccc12)c1ccccc1Br. The van der Waals surface area contributed by atoms with Crippen molar-refractivity contribution in [3.63, 3.8) is 0 Å². The minimum atomic E-state index is -0.225. The second kappa shape index (κ2) is 6.23. The molecule has 0 radical (unpaired) electrons. The van der Waals surface area contributed by atoms with Crippen molar-refractivity contribution >= 4 is 38.6 Å². The molecule has 2 aromatic carbocycles. The van der Waals surface area contributed by atoms with Gasteiger partial charge in [-0.2, -0.15) is 0 Å². The van der Waals surface area contributed by atoms with Gasteiger partial charge in [-0.1, -0.05) is 40.2 Å². The molecule has 22 heavy (non-hydrogen) atoms. The highest BCUT2D eigenvalue weighted by atomic mass is 79.9. The maximum Gasteiger partial charge on any atom is 0.319 e. The standard InChI is InChI=1S/C17H16BrN3O/c1-11(12-5-2-3-6-14(12)18)20-17(22)21-16-8-4-7-15-13(16)9-10-19-15/h2-11,19H,1H3,(H2,20,21,22). The first kappa shape index (κ1) is 14.7. The van der Waals surface area contributed by atoms with Crippen molar-refractivity contribution in [3.05, 3.63) is 64.8 Å². The van der Waals surface area contributed by atoms with E-state index in [1.165, 1.54) is 0 Å². The number of nitrogens with one attached hydrogen (secondary N) is 3. The largest absolute Gasteiger partial charge is 0.361 e. The van der Waals surface area contributed by atoms with E-state index >= 15 is 0 Å². The molecular formula is C17H16BrN3O. The van der Waals surface area contributed by atoms with Gasteiger partial charge in [0.1, 0.15) is 0 Å². The average molecular weight is 358 g/mol. The van der Waals surface area contributed by atoms with Crippen LogP contribution in [0.2, 0.25) is 0 Å². The summed E-state index contributed by atoms with van der Waals surface area (Å²) in [5.74, 6) is 0. The minimum absolute atomic E-state index is 0.0963. The van der Waals surface area contributed by atoms with Crippen molar-refractivity contribution < 1.29 is 4.79 Å². The topological polar surface area (TPSA) is 56.9 Å². The van der Waals surface area contributed by atoms with Gasteiger partial charge in [0.05, 0.1) is 11.7 Å². The van der Waals surface area contributed by atoms with Crippen LogP contribution in [-0.2, 0) is 0 Å². The summed E-state index contributed by atoms with van der Waals surface area (Å²) in [4.78, 5) is 15.4. The third-order valence-corrected chi connectivity index (χ3v) is 4.28. The Morgan fingerprint density at radius 1 is 1.14 bits per heavy atom. The number of halogens is 1. The molecule has 0 fully saturated rings. The Morgan fingerprint density at radius 3 is 2.77 bits per heavy atom. The van der Waals surface area contributed by atoms with Gasteiger partial charge in [0.2, 0.25) is 0 Å². The summed E-state index contributed by atoms with van der Waals surface area (Å²) in [6.45, 7) is 1.95. The van der Waals surface area contributed by atoms with Crippen LogP contribution in [-0.4, -0.2) is 11.0 Å². The second-order valence-corrected chi connectivity index (χ2v) is 5.94. The minimum Gasteiger partial charge on any atom is -0.361 e. The van der Waals surface area contributed by atoms with Crippen molar-refractivity contribution in [2.45, 2.75) is 13.0 Å². The zero-order valence-electron chi connectivity index (χ0n) is 12.1. The van der Waals surface area contributed by atoms with E-state index in [1.807, 2.05) is 61.7 Å². The average Bonchev–Trinajstić information content (AvgIpc) is 2.97. The number of H-pyrrole nitrogens is 1. The van der Waals surface area contributed by atoms with Gasteiger partial charge in [-0.25, -0.2) is 4.79 Å². The van der Waals surface area contributed by atoms with Gasteiger partial charge < -0.3 is 15.6 Å². The molecule has 1 unspecified atom stereocenters. The van der Waals surface area contributed by atoms with E-state index in [-0.39, 0.29) is 12.1 Å². The van der Waals surface area contributed by atoms with Crippen LogP contribution in [0.4, 0.5) is 10.5 Å². The molecule has 3 rings (SSSR count). The summed E-state index contributed by atoms with van der Waals surface area (Å²) in [7, 11) is 0. The first-order chi connectivity index (χ1) is 10.6. The quantitative estimate of drug-likeness (QED) is 0.618. The Morgan fingerprint density at radius 2 is 1.95 bits per heavy atom. The number of benzene rings is 2. The molecule has 0 bridgehead atoms. The first-order valence-corrected chi connectivity index (χ1v) is 7.82. The normalized spacial score (nSPS) is 12.1. The molecule has 4 nitrogen and oxygen atoms in total. The molecule has 1 heterocycles. The van der Waals surface area contributed by atoms with E-state index in [1.54, 1.807) is 0 Å². The van der Waals surface area contributed by atoms with Crippen LogP contribution in [0, 0.1) is 0 Å².